The first-order valence-corrected chi connectivity index (χ1v) is 8.23. The summed E-state index contributed by atoms with van der Waals surface area (Å²) < 4.78 is 6.72. The minimum atomic E-state index is 0.111. The van der Waals surface area contributed by atoms with E-state index in [1.807, 2.05) is 18.2 Å². The minimum absolute atomic E-state index is 0.111. The summed E-state index contributed by atoms with van der Waals surface area (Å²) in [5.74, 6) is 0.979. The number of nitrogens with one attached hydrogen (secondary N) is 1. The van der Waals surface area contributed by atoms with E-state index < -0.39 is 0 Å². The predicted molar refractivity (Wildman–Crippen MR) is 92.0 cm³/mol. The Morgan fingerprint density at radius 3 is 2.86 bits per heavy atom. The van der Waals surface area contributed by atoms with Crippen LogP contribution in [0.1, 0.15) is 11.1 Å². The zero-order valence-corrected chi connectivity index (χ0v) is 14.5. The molecule has 0 bridgehead atoms. The Kier molecular flexibility index (Phi) is 4.34. The summed E-state index contributed by atoms with van der Waals surface area (Å²) in [6, 6.07) is 10.1. The van der Waals surface area contributed by atoms with Crippen molar-refractivity contribution >= 4 is 44.8 Å². The average Bonchev–Trinajstić information content (AvgIpc) is 2.86. The van der Waals surface area contributed by atoms with Gasteiger partial charge >= 0.3 is 0 Å². The molecular weight excluding hydrogens is 373 g/mol. The molecule has 0 amide bonds. The fourth-order valence-electron chi connectivity index (χ4n) is 2.45. The molecule has 2 aromatic rings. The van der Waals surface area contributed by atoms with Gasteiger partial charge in [0, 0.05) is 10.9 Å². The third-order valence-corrected chi connectivity index (χ3v) is 5.28. The van der Waals surface area contributed by atoms with Crippen molar-refractivity contribution in [3.63, 3.8) is 0 Å². The molecule has 0 radical (unpaired) electrons. The Labute approximate surface area is 142 Å². The molecule has 2 aromatic carbocycles. The summed E-state index contributed by atoms with van der Waals surface area (Å²) in [5.41, 5.74) is 3.34. The summed E-state index contributed by atoms with van der Waals surface area (Å²) in [6.07, 6.45) is 1.02. The van der Waals surface area contributed by atoms with Gasteiger partial charge in [0.05, 0.1) is 22.3 Å². The first-order chi connectivity index (χ1) is 10.0. The number of aryl methyl sites for hydroxylation is 1. The summed E-state index contributed by atoms with van der Waals surface area (Å²) >= 11 is 15.7. The molecule has 0 spiro atoms. The molecule has 1 aliphatic heterocycles. The van der Waals surface area contributed by atoms with Crippen LogP contribution in [-0.2, 0) is 6.42 Å². The molecule has 0 fully saturated rings. The number of halogens is 3. The van der Waals surface area contributed by atoms with Gasteiger partial charge in [-0.2, -0.15) is 0 Å². The quantitative estimate of drug-likeness (QED) is 0.705. The van der Waals surface area contributed by atoms with Crippen molar-refractivity contribution in [2.75, 3.05) is 11.9 Å². The second-order valence-corrected chi connectivity index (χ2v) is 6.77. The summed E-state index contributed by atoms with van der Waals surface area (Å²) in [7, 11) is 0. The maximum absolute atomic E-state index is 6.23. The maximum Gasteiger partial charge on any atom is 0.123 e. The van der Waals surface area contributed by atoms with E-state index in [1.165, 1.54) is 11.1 Å². The second-order valence-electron chi connectivity index (χ2n) is 5.16. The van der Waals surface area contributed by atoms with Crippen molar-refractivity contribution in [1.82, 2.24) is 0 Å². The number of benzene rings is 2. The van der Waals surface area contributed by atoms with E-state index in [0.29, 0.717) is 16.6 Å². The number of hydrogen-bond acceptors (Lipinski definition) is 2. The number of anilines is 1. The van der Waals surface area contributed by atoms with E-state index in [9.17, 15) is 0 Å². The smallest absolute Gasteiger partial charge is 0.123 e. The van der Waals surface area contributed by atoms with Gasteiger partial charge in [-0.25, -0.2) is 0 Å². The zero-order valence-electron chi connectivity index (χ0n) is 11.4. The van der Waals surface area contributed by atoms with Gasteiger partial charge in [0.25, 0.3) is 0 Å². The fraction of sp³-hybridized carbons (Fsp3) is 0.250. The lowest BCUT2D eigenvalue weighted by atomic mass is 10.1. The van der Waals surface area contributed by atoms with Crippen molar-refractivity contribution in [2.24, 2.45) is 0 Å². The third-order valence-electron chi connectivity index (χ3n) is 3.51. The summed E-state index contributed by atoms with van der Waals surface area (Å²) in [4.78, 5) is 0. The molecular formula is C16H14BrCl2NO. The molecule has 2 nitrogen and oxygen atoms in total. The lowest BCUT2D eigenvalue weighted by Gasteiger charge is -2.14. The molecule has 0 saturated heterocycles. The SMILES string of the molecule is Cc1ccc2c(c1)CC(CNc1ccc(Br)c(Cl)c1Cl)O2. The van der Waals surface area contributed by atoms with Gasteiger partial charge in [0.2, 0.25) is 0 Å². The number of rotatable bonds is 3. The predicted octanol–water partition coefficient (Wildman–Crippen LogP) is 5.48. The molecule has 0 aromatic heterocycles. The van der Waals surface area contributed by atoms with Crippen molar-refractivity contribution in [1.29, 1.82) is 0 Å². The molecule has 1 aliphatic rings. The molecule has 21 heavy (non-hydrogen) atoms. The molecule has 5 heteroatoms. The van der Waals surface area contributed by atoms with Crippen molar-refractivity contribution in [3.8, 4) is 5.75 Å². The Bertz CT molecular complexity index is 690. The highest BCUT2D eigenvalue weighted by Crippen LogP contribution is 2.36. The molecule has 1 N–H and O–H groups in total. The number of fused-ring (bicyclic) bond motifs is 1. The van der Waals surface area contributed by atoms with Crippen LogP contribution >= 0.6 is 39.1 Å². The number of ether oxygens (including phenoxy) is 1. The highest BCUT2D eigenvalue weighted by atomic mass is 79.9. The Morgan fingerprint density at radius 2 is 2.05 bits per heavy atom. The van der Waals surface area contributed by atoms with Gasteiger partial charge in [0.1, 0.15) is 11.9 Å². The molecule has 1 heterocycles. The minimum Gasteiger partial charge on any atom is -0.488 e. The average molecular weight is 387 g/mol. The van der Waals surface area contributed by atoms with Gasteiger partial charge in [-0.15, -0.1) is 0 Å². The first kappa shape index (κ1) is 15.0. The van der Waals surface area contributed by atoms with Crippen LogP contribution in [0.5, 0.6) is 5.75 Å². The largest absolute Gasteiger partial charge is 0.488 e. The molecule has 110 valence electrons. The standard InChI is InChI=1S/C16H14BrCl2NO/c1-9-2-5-14-10(6-9)7-11(21-14)8-20-13-4-3-12(17)15(18)16(13)19/h2-6,11,20H,7-8H2,1H3. The highest BCUT2D eigenvalue weighted by molar-refractivity contribution is 9.10. The van der Waals surface area contributed by atoms with Crippen LogP contribution in [0.2, 0.25) is 10.0 Å². The second kappa shape index (κ2) is 6.07. The van der Waals surface area contributed by atoms with Crippen LogP contribution in [0.15, 0.2) is 34.8 Å². The van der Waals surface area contributed by atoms with Crippen molar-refractivity contribution in [2.45, 2.75) is 19.4 Å². The van der Waals surface area contributed by atoms with E-state index in [2.05, 4.69) is 40.3 Å². The van der Waals surface area contributed by atoms with Gasteiger partial charge in [-0.05, 0) is 46.6 Å². The van der Waals surface area contributed by atoms with Crippen LogP contribution in [0.25, 0.3) is 0 Å². The van der Waals surface area contributed by atoms with E-state index in [1.54, 1.807) is 0 Å². The van der Waals surface area contributed by atoms with E-state index in [0.717, 1.165) is 22.3 Å². The van der Waals surface area contributed by atoms with Gasteiger partial charge in [0.15, 0.2) is 0 Å². The van der Waals surface area contributed by atoms with Gasteiger partial charge in [-0.3, -0.25) is 0 Å². The normalized spacial score (nSPS) is 16.5. The third kappa shape index (κ3) is 3.15. The molecule has 1 atom stereocenters. The summed E-state index contributed by atoms with van der Waals surface area (Å²) in [5, 5.41) is 4.36. The molecule has 3 rings (SSSR count). The van der Waals surface area contributed by atoms with Crippen LogP contribution in [0, 0.1) is 6.92 Å². The van der Waals surface area contributed by atoms with Gasteiger partial charge < -0.3 is 10.1 Å². The van der Waals surface area contributed by atoms with Crippen LogP contribution in [0.4, 0.5) is 5.69 Å². The van der Waals surface area contributed by atoms with Crippen LogP contribution in [-0.4, -0.2) is 12.6 Å². The van der Waals surface area contributed by atoms with Crippen molar-refractivity contribution in [3.05, 3.63) is 56.0 Å². The van der Waals surface area contributed by atoms with E-state index >= 15 is 0 Å². The van der Waals surface area contributed by atoms with Crippen LogP contribution < -0.4 is 10.1 Å². The first-order valence-electron chi connectivity index (χ1n) is 6.68. The Morgan fingerprint density at radius 1 is 1.24 bits per heavy atom. The monoisotopic (exact) mass is 385 g/mol. The molecule has 0 saturated carbocycles. The zero-order chi connectivity index (χ0) is 15.0. The van der Waals surface area contributed by atoms with Gasteiger partial charge in [-0.1, -0.05) is 40.9 Å². The lowest BCUT2D eigenvalue weighted by Crippen LogP contribution is -2.24. The molecule has 1 unspecified atom stereocenters. The maximum atomic E-state index is 6.23. The Balaban J connectivity index is 1.66. The van der Waals surface area contributed by atoms with Crippen LogP contribution in [0.3, 0.4) is 0 Å². The van der Waals surface area contributed by atoms with E-state index in [4.69, 9.17) is 27.9 Å². The lowest BCUT2D eigenvalue weighted by molar-refractivity contribution is 0.246. The highest BCUT2D eigenvalue weighted by Gasteiger charge is 2.22. The fourth-order valence-corrected chi connectivity index (χ4v) is 3.29. The number of hydrogen-bond donors (Lipinski definition) is 1. The topological polar surface area (TPSA) is 21.3 Å². The van der Waals surface area contributed by atoms with E-state index in [-0.39, 0.29) is 6.10 Å². The van der Waals surface area contributed by atoms with Crippen molar-refractivity contribution < 1.29 is 4.74 Å². The Hall–Kier alpha value is -0.900. The summed E-state index contributed by atoms with van der Waals surface area (Å²) in [6.45, 7) is 2.78. The molecule has 0 aliphatic carbocycles.